The molecule has 0 spiro atoms. The van der Waals surface area contributed by atoms with E-state index < -0.39 is 0 Å². The van der Waals surface area contributed by atoms with Crippen LogP contribution in [0.3, 0.4) is 0 Å². The van der Waals surface area contributed by atoms with Crippen molar-refractivity contribution in [2.75, 3.05) is 0 Å². The molecular formula is C76H46N6O. The number of nitrogens with zero attached hydrogens (tertiary/aromatic N) is 6. The summed E-state index contributed by atoms with van der Waals surface area (Å²) < 4.78 is 12.0. The van der Waals surface area contributed by atoms with Crippen LogP contribution >= 0.6 is 0 Å². The van der Waals surface area contributed by atoms with E-state index in [2.05, 4.69) is 215 Å². The molecule has 0 unspecified atom stereocenters. The molecule has 0 bridgehead atoms. The molecule has 4 heterocycles. The van der Waals surface area contributed by atoms with Gasteiger partial charge in [0.1, 0.15) is 17.2 Å². The highest BCUT2D eigenvalue weighted by molar-refractivity contribution is 6.18. The lowest BCUT2D eigenvalue weighted by atomic mass is 10.0. The molecule has 12 aromatic carbocycles. The van der Waals surface area contributed by atoms with Crippen LogP contribution < -0.4 is 0 Å². The number of fused-ring (bicyclic) bond motifs is 9. The van der Waals surface area contributed by atoms with Crippen molar-refractivity contribution in [3.8, 4) is 96.1 Å². The van der Waals surface area contributed by atoms with E-state index in [1.807, 2.05) is 78.9 Å². The molecule has 0 saturated heterocycles. The van der Waals surface area contributed by atoms with Gasteiger partial charge in [-0.25, -0.2) is 15.0 Å². The Morgan fingerprint density at radius 1 is 0.313 bits per heavy atom. The normalized spacial score (nSPS) is 11.6. The van der Waals surface area contributed by atoms with Gasteiger partial charge in [0, 0.05) is 49.5 Å². The molecule has 0 N–H and O–H groups in total. The summed E-state index contributed by atoms with van der Waals surface area (Å²) in [6.07, 6.45) is 0. The summed E-state index contributed by atoms with van der Waals surface area (Å²) in [5.74, 6) is 1.54. The van der Waals surface area contributed by atoms with Crippen LogP contribution in [0.1, 0.15) is 5.56 Å². The second-order valence-electron chi connectivity index (χ2n) is 21.0. The molecule has 7 heteroatoms. The Kier molecular flexibility index (Phi) is 11.1. The number of aromatic nitrogens is 5. The maximum Gasteiger partial charge on any atom is 0.167 e. The summed E-state index contributed by atoms with van der Waals surface area (Å²) in [6, 6.07) is 100. The van der Waals surface area contributed by atoms with Crippen LogP contribution in [0.2, 0.25) is 0 Å². The van der Waals surface area contributed by atoms with E-state index in [4.69, 9.17) is 19.4 Å². The monoisotopic (exact) mass is 1060 g/mol. The highest BCUT2D eigenvalue weighted by Gasteiger charge is 2.29. The van der Waals surface area contributed by atoms with Crippen LogP contribution in [0.25, 0.3) is 156 Å². The second kappa shape index (κ2) is 19.4. The first-order valence-electron chi connectivity index (χ1n) is 27.8. The van der Waals surface area contributed by atoms with Crippen molar-refractivity contribution in [3.63, 3.8) is 0 Å². The Labute approximate surface area is 477 Å². The van der Waals surface area contributed by atoms with Crippen molar-refractivity contribution in [2.45, 2.75) is 0 Å². The zero-order valence-electron chi connectivity index (χ0n) is 44.6. The predicted octanol–water partition coefficient (Wildman–Crippen LogP) is 19.5. The average Bonchev–Trinajstić information content (AvgIpc) is 2.79. The van der Waals surface area contributed by atoms with Crippen molar-refractivity contribution in [1.82, 2.24) is 24.1 Å². The summed E-state index contributed by atoms with van der Waals surface area (Å²) in [7, 11) is 0. The van der Waals surface area contributed by atoms with Gasteiger partial charge in [-0.05, 0) is 99.1 Å². The predicted molar refractivity (Wildman–Crippen MR) is 339 cm³/mol. The lowest BCUT2D eigenvalue weighted by Crippen LogP contribution is -2.06. The van der Waals surface area contributed by atoms with E-state index in [1.165, 1.54) is 0 Å². The Balaban J connectivity index is 1.04. The van der Waals surface area contributed by atoms with Crippen LogP contribution in [0, 0.1) is 11.3 Å². The molecule has 0 aliphatic rings. The molecule has 0 radical (unpaired) electrons. The van der Waals surface area contributed by atoms with Gasteiger partial charge < -0.3 is 13.6 Å². The van der Waals surface area contributed by atoms with E-state index in [0.29, 0.717) is 45.2 Å². The zero-order valence-corrected chi connectivity index (χ0v) is 44.6. The SMILES string of the molecule is N#Cc1c(-n2c3ccc(-c4ccccc4)cc3c3cc(-c4ccccc4)ccc32)c(-n2c3ccc(-c4ccccc4)cc3c3cc(-c4ccccc4)ccc32)cc2oc3c(-c4nc(-c5ccccc5)nc(-c5ccccc5)n4)cccc3c12. The third kappa shape index (κ3) is 7.92. The first kappa shape index (κ1) is 47.5. The third-order valence-corrected chi connectivity index (χ3v) is 16.2. The summed E-state index contributed by atoms with van der Waals surface area (Å²) in [4.78, 5) is 15.4. The van der Waals surface area contributed by atoms with Crippen molar-refractivity contribution in [2.24, 2.45) is 0 Å². The number of rotatable bonds is 9. The molecule has 7 nitrogen and oxygen atoms in total. The standard InChI is InChI=1S/C76H46N6O/c77-47-64-71-58-32-19-33-59(76-79-74(52-28-15-5-16-29-52)78-75(80-76)53-30-17-6-18-31-53)73(58)83-70(71)46-69(81-65-38-34-54(48-20-7-1-8-21-48)42-60(65)61-43-55(35-39-66(61)81)49-22-9-2-10-23-49)72(64)82-67-40-36-56(50-24-11-3-12-25-50)44-62(67)63-45-57(37-41-68(63)82)51-26-13-4-14-27-51/h1-46H. The van der Waals surface area contributed by atoms with Gasteiger partial charge in [-0.2, -0.15) is 5.26 Å². The van der Waals surface area contributed by atoms with Gasteiger partial charge in [0.2, 0.25) is 0 Å². The number of benzene rings is 12. The molecule has 0 amide bonds. The fourth-order valence-corrected chi connectivity index (χ4v) is 12.3. The topological polar surface area (TPSA) is 85.5 Å². The minimum Gasteiger partial charge on any atom is -0.455 e. The highest BCUT2D eigenvalue weighted by atomic mass is 16.3. The second-order valence-corrected chi connectivity index (χ2v) is 21.0. The number of furan rings is 1. The molecule has 0 aliphatic carbocycles. The fraction of sp³-hybridized carbons (Fsp3) is 0. The Morgan fingerprint density at radius 2 is 0.675 bits per heavy atom. The maximum atomic E-state index is 12.3. The Morgan fingerprint density at radius 3 is 1.06 bits per heavy atom. The van der Waals surface area contributed by atoms with Gasteiger partial charge in [-0.3, -0.25) is 0 Å². The lowest BCUT2D eigenvalue weighted by Gasteiger charge is -2.19. The van der Waals surface area contributed by atoms with Crippen LogP contribution in [0.5, 0.6) is 0 Å². The van der Waals surface area contributed by atoms with Gasteiger partial charge in [0.25, 0.3) is 0 Å². The van der Waals surface area contributed by atoms with Crippen LogP contribution in [-0.4, -0.2) is 24.1 Å². The Hall–Kier alpha value is -11.5. The molecule has 0 atom stereocenters. The van der Waals surface area contributed by atoms with Gasteiger partial charge in [-0.1, -0.05) is 218 Å². The molecule has 0 aliphatic heterocycles. The molecular weight excluding hydrogens is 1010 g/mol. The van der Waals surface area contributed by atoms with Crippen molar-refractivity contribution in [3.05, 3.63) is 285 Å². The number of hydrogen-bond acceptors (Lipinski definition) is 5. The smallest absolute Gasteiger partial charge is 0.167 e. The molecule has 83 heavy (non-hydrogen) atoms. The summed E-state index contributed by atoms with van der Waals surface area (Å²) in [5.41, 5.74) is 18.3. The average molecular weight is 1060 g/mol. The Bertz CT molecular complexity index is 4990. The molecule has 16 rings (SSSR count). The number of nitriles is 1. The first-order chi connectivity index (χ1) is 41.1. The quantitative estimate of drug-likeness (QED) is 0.144. The van der Waals surface area contributed by atoms with Gasteiger partial charge in [-0.15, -0.1) is 0 Å². The number of para-hydroxylation sites is 1. The third-order valence-electron chi connectivity index (χ3n) is 16.2. The summed E-state index contributed by atoms with van der Waals surface area (Å²) in [5, 5.41) is 18.0. The summed E-state index contributed by atoms with van der Waals surface area (Å²) >= 11 is 0. The molecule has 0 saturated carbocycles. The van der Waals surface area contributed by atoms with E-state index in [9.17, 15) is 5.26 Å². The minimum absolute atomic E-state index is 0.456. The van der Waals surface area contributed by atoms with Crippen molar-refractivity contribution < 1.29 is 4.42 Å². The van der Waals surface area contributed by atoms with Gasteiger partial charge in [0.15, 0.2) is 17.5 Å². The highest BCUT2D eigenvalue weighted by Crippen LogP contribution is 2.47. The minimum atomic E-state index is 0.456. The maximum absolute atomic E-state index is 12.3. The van der Waals surface area contributed by atoms with E-state index in [1.54, 1.807) is 0 Å². The molecule has 0 fully saturated rings. The van der Waals surface area contributed by atoms with Crippen molar-refractivity contribution in [1.29, 1.82) is 5.26 Å². The van der Waals surface area contributed by atoms with Gasteiger partial charge in [0.05, 0.1) is 44.6 Å². The lowest BCUT2D eigenvalue weighted by molar-refractivity contribution is 0.669. The first-order valence-corrected chi connectivity index (χ1v) is 27.8. The fourth-order valence-electron chi connectivity index (χ4n) is 12.3. The van der Waals surface area contributed by atoms with Crippen molar-refractivity contribution >= 4 is 65.6 Å². The molecule has 4 aromatic heterocycles. The van der Waals surface area contributed by atoms with E-state index >= 15 is 0 Å². The van der Waals surface area contributed by atoms with E-state index in [-0.39, 0.29) is 0 Å². The van der Waals surface area contributed by atoms with Crippen LogP contribution in [0.4, 0.5) is 0 Å². The molecule has 16 aromatic rings. The largest absolute Gasteiger partial charge is 0.455 e. The summed E-state index contributed by atoms with van der Waals surface area (Å²) in [6.45, 7) is 0. The van der Waals surface area contributed by atoms with E-state index in [0.717, 1.165) is 116 Å². The van der Waals surface area contributed by atoms with Gasteiger partial charge >= 0.3 is 0 Å². The zero-order chi connectivity index (χ0) is 55.0. The number of hydrogen-bond donors (Lipinski definition) is 0. The molecule has 386 valence electrons. The van der Waals surface area contributed by atoms with Crippen LogP contribution in [-0.2, 0) is 0 Å². The van der Waals surface area contributed by atoms with Crippen LogP contribution in [0.15, 0.2) is 283 Å².